The van der Waals surface area contributed by atoms with Crippen molar-refractivity contribution in [2.24, 2.45) is 10.1 Å². The number of carbonyl (C=O) groups is 2. The van der Waals surface area contributed by atoms with Gasteiger partial charge in [0, 0.05) is 24.6 Å². The number of hydrazone groups is 1. The van der Waals surface area contributed by atoms with Gasteiger partial charge in [-0.25, -0.2) is 5.01 Å². The Bertz CT molecular complexity index is 1470. The van der Waals surface area contributed by atoms with Gasteiger partial charge in [-0.05, 0) is 42.3 Å². The Balaban J connectivity index is 1.33. The van der Waals surface area contributed by atoms with Crippen molar-refractivity contribution in [2.75, 3.05) is 26.6 Å². The monoisotopic (exact) mass is 558 g/mol. The fraction of sp³-hybridized carbons (Fsp3) is 0.267. The van der Waals surface area contributed by atoms with Gasteiger partial charge in [-0.15, -0.1) is 0 Å². The second-order valence-corrected chi connectivity index (χ2v) is 10.6. The number of nitrogens with one attached hydrogen (secondary N) is 1. The first-order valence-corrected chi connectivity index (χ1v) is 13.6. The molecule has 0 aliphatic carbocycles. The molecule has 0 aromatic heterocycles. The Morgan fingerprint density at radius 2 is 1.70 bits per heavy atom. The SMILES string of the molecule is COc1ccc([C@@H]2CC(c3ccc(C)cc3)=NN2C2=NC(=O)[C@@H](CC(=O)Nc3ccc(OC)c(OC)c3)S2)cc1. The Hall–Kier alpha value is -4.31. The number of amides is 2. The van der Waals surface area contributed by atoms with E-state index in [-0.39, 0.29) is 24.3 Å². The number of anilines is 1. The third-order valence-electron chi connectivity index (χ3n) is 6.76. The van der Waals surface area contributed by atoms with Crippen molar-refractivity contribution in [1.29, 1.82) is 0 Å². The van der Waals surface area contributed by atoms with Gasteiger partial charge in [-0.3, -0.25) is 9.59 Å². The number of benzene rings is 3. The summed E-state index contributed by atoms with van der Waals surface area (Å²) in [6, 6.07) is 21.0. The zero-order valence-electron chi connectivity index (χ0n) is 22.7. The van der Waals surface area contributed by atoms with Crippen LogP contribution < -0.4 is 19.5 Å². The number of rotatable bonds is 8. The van der Waals surface area contributed by atoms with E-state index in [0.29, 0.717) is 28.8 Å². The minimum absolute atomic E-state index is 0.0274. The van der Waals surface area contributed by atoms with Crippen LogP contribution in [0.3, 0.4) is 0 Å². The van der Waals surface area contributed by atoms with Gasteiger partial charge < -0.3 is 19.5 Å². The molecule has 1 N–H and O–H groups in total. The average Bonchev–Trinajstić information content (AvgIpc) is 3.57. The van der Waals surface area contributed by atoms with Crippen LogP contribution in [-0.2, 0) is 9.59 Å². The summed E-state index contributed by atoms with van der Waals surface area (Å²) in [5, 5.41) is 9.39. The van der Waals surface area contributed by atoms with Crippen LogP contribution in [0.1, 0.15) is 35.6 Å². The predicted molar refractivity (Wildman–Crippen MR) is 157 cm³/mol. The predicted octanol–water partition coefficient (Wildman–Crippen LogP) is 5.20. The van der Waals surface area contributed by atoms with Gasteiger partial charge in [0.15, 0.2) is 16.7 Å². The normalized spacial score (nSPS) is 18.3. The molecule has 2 atom stereocenters. The summed E-state index contributed by atoms with van der Waals surface area (Å²) >= 11 is 1.26. The maximum Gasteiger partial charge on any atom is 0.262 e. The third kappa shape index (κ3) is 5.81. The molecule has 0 saturated heterocycles. The number of nitrogens with zero attached hydrogens (tertiary/aromatic N) is 3. The number of thioether (sulfide) groups is 1. The first kappa shape index (κ1) is 27.3. The van der Waals surface area contributed by atoms with E-state index < -0.39 is 5.25 Å². The molecule has 9 nitrogen and oxygen atoms in total. The maximum atomic E-state index is 12.9. The fourth-order valence-corrected chi connectivity index (χ4v) is 5.65. The molecule has 10 heteroatoms. The number of carbonyl (C=O) groups excluding carboxylic acids is 2. The standard InChI is InChI=1S/C30H30N4O5S/c1-18-5-7-19(8-6-18)23-16-24(20-9-12-22(37-2)13-10-20)34(33-23)30-32-29(36)27(40-30)17-28(35)31-21-11-14-25(38-3)26(15-21)39-4/h5-15,24,27H,16-17H2,1-4H3,(H,31,35)/t24-,27+/m0/s1. The van der Waals surface area contributed by atoms with Gasteiger partial charge in [0.25, 0.3) is 5.91 Å². The Morgan fingerprint density at radius 1 is 0.975 bits per heavy atom. The van der Waals surface area contributed by atoms with Crippen LogP contribution in [0.15, 0.2) is 76.8 Å². The van der Waals surface area contributed by atoms with Gasteiger partial charge in [0.05, 0.1) is 33.1 Å². The van der Waals surface area contributed by atoms with Crippen LogP contribution in [0.4, 0.5) is 5.69 Å². The molecule has 2 aliphatic heterocycles. The molecule has 40 heavy (non-hydrogen) atoms. The molecule has 0 radical (unpaired) electrons. The highest BCUT2D eigenvalue weighted by Gasteiger charge is 2.39. The van der Waals surface area contributed by atoms with Gasteiger partial charge >= 0.3 is 0 Å². The minimum Gasteiger partial charge on any atom is -0.497 e. The Morgan fingerprint density at radius 3 is 2.38 bits per heavy atom. The van der Waals surface area contributed by atoms with Gasteiger partial charge in [-0.1, -0.05) is 53.7 Å². The largest absolute Gasteiger partial charge is 0.497 e. The molecule has 3 aromatic rings. The van der Waals surface area contributed by atoms with Crippen molar-refractivity contribution < 1.29 is 23.8 Å². The third-order valence-corrected chi connectivity index (χ3v) is 7.90. The smallest absolute Gasteiger partial charge is 0.262 e. The lowest BCUT2D eigenvalue weighted by Crippen LogP contribution is -2.25. The number of amidine groups is 1. The number of ether oxygens (including phenoxy) is 3. The summed E-state index contributed by atoms with van der Waals surface area (Å²) in [6.07, 6.45) is 0.619. The van der Waals surface area contributed by atoms with Crippen LogP contribution in [0.2, 0.25) is 0 Å². The average molecular weight is 559 g/mol. The molecule has 206 valence electrons. The van der Waals surface area contributed by atoms with Crippen LogP contribution in [0, 0.1) is 6.92 Å². The number of aliphatic imine (C=N–C) groups is 1. The van der Waals surface area contributed by atoms with Gasteiger partial charge in [-0.2, -0.15) is 10.1 Å². The zero-order chi connectivity index (χ0) is 28.2. The lowest BCUT2D eigenvalue weighted by Gasteiger charge is -2.23. The number of aryl methyl sites for hydroxylation is 1. The molecule has 0 bridgehead atoms. The highest BCUT2D eigenvalue weighted by atomic mass is 32.2. The second-order valence-electron chi connectivity index (χ2n) is 9.41. The summed E-state index contributed by atoms with van der Waals surface area (Å²) in [6.45, 7) is 2.05. The van der Waals surface area contributed by atoms with E-state index in [1.54, 1.807) is 32.4 Å². The van der Waals surface area contributed by atoms with Crippen molar-refractivity contribution >= 4 is 40.1 Å². The van der Waals surface area contributed by atoms with Crippen LogP contribution in [-0.4, -0.2) is 54.3 Å². The van der Waals surface area contributed by atoms with Crippen molar-refractivity contribution in [3.63, 3.8) is 0 Å². The van der Waals surface area contributed by atoms with Crippen LogP contribution in [0.25, 0.3) is 0 Å². The van der Waals surface area contributed by atoms with E-state index in [2.05, 4.69) is 34.6 Å². The number of methoxy groups -OCH3 is 3. The first-order chi connectivity index (χ1) is 19.4. The van der Waals surface area contributed by atoms with E-state index >= 15 is 0 Å². The lowest BCUT2D eigenvalue weighted by molar-refractivity contribution is -0.121. The van der Waals surface area contributed by atoms with Crippen LogP contribution >= 0.6 is 11.8 Å². The van der Waals surface area contributed by atoms with Crippen molar-refractivity contribution in [2.45, 2.75) is 31.1 Å². The number of hydrogen-bond acceptors (Lipinski definition) is 8. The highest BCUT2D eigenvalue weighted by Crippen LogP contribution is 2.39. The van der Waals surface area contributed by atoms with Gasteiger partial charge in [0.2, 0.25) is 5.91 Å². The fourth-order valence-electron chi connectivity index (χ4n) is 4.59. The molecule has 0 fully saturated rings. The highest BCUT2D eigenvalue weighted by molar-refractivity contribution is 8.15. The van der Waals surface area contributed by atoms with E-state index in [0.717, 1.165) is 22.6 Å². The van der Waals surface area contributed by atoms with Crippen LogP contribution in [0.5, 0.6) is 17.2 Å². The molecule has 0 saturated carbocycles. The van der Waals surface area contributed by atoms with Gasteiger partial charge in [0.1, 0.15) is 11.0 Å². The topological polar surface area (TPSA) is 102 Å². The van der Waals surface area contributed by atoms with E-state index in [4.69, 9.17) is 19.3 Å². The van der Waals surface area contributed by atoms with E-state index in [1.165, 1.54) is 24.4 Å². The summed E-state index contributed by atoms with van der Waals surface area (Å²) < 4.78 is 15.9. The molecule has 0 spiro atoms. The molecular formula is C30H30N4O5S. The summed E-state index contributed by atoms with van der Waals surface area (Å²) in [5.41, 5.74) is 4.67. The minimum atomic E-state index is -0.648. The summed E-state index contributed by atoms with van der Waals surface area (Å²) in [4.78, 5) is 30.1. The molecule has 3 aromatic carbocycles. The Labute approximate surface area is 237 Å². The quantitative estimate of drug-likeness (QED) is 0.406. The first-order valence-electron chi connectivity index (χ1n) is 12.8. The van der Waals surface area contributed by atoms with E-state index in [9.17, 15) is 9.59 Å². The summed E-state index contributed by atoms with van der Waals surface area (Å²) in [7, 11) is 4.71. The summed E-state index contributed by atoms with van der Waals surface area (Å²) in [5.74, 6) is 1.17. The van der Waals surface area contributed by atoms with Crippen molar-refractivity contribution in [3.8, 4) is 17.2 Å². The van der Waals surface area contributed by atoms with Crippen molar-refractivity contribution in [1.82, 2.24) is 5.01 Å². The Kier molecular flexibility index (Phi) is 8.06. The second kappa shape index (κ2) is 11.8. The molecule has 2 amide bonds. The zero-order valence-corrected chi connectivity index (χ0v) is 23.5. The maximum absolute atomic E-state index is 12.9. The lowest BCUT2D eigenvalue weighted by atomic mass is 9.98. The van der Waals surface area contributed by atoms with Crippen molar-refractivity contribution in [3.05, 3.63) is 83.4 Å². The molecule has 2 aliphatic rings. The molecular weight excluding hydrogens is 528 g/mol. The molecule has 5 rings (SSSR count). The number of hydrogen-bond donors (Lipinski definition) is 1. The van der Waals surface area contributed by atoms with E-state index in [1.807, 2.05) is 36.2 Å². The molecule has 2 heterocycles. The molecule has 0 unspecified atom stereocenters.